The van der Waals surface area contributed by atoms with E-state index in [9.17, 15) is 0 Å². The van der Waals surface area contributed by atoms with Crippen molar-refractivity contribution < 1.29 is 4.42 Å². The third kappa shape index (κ3) is 5.55. The van der Waals surface area contributed by atoms with Gasteiger partial charge in [-0.3, -0.25) is 0 Å². The molecule has 1 N–H and O–H groups in total. The number of halogens is 1. The molecule has 17 heavy (non-hydrogen) atoms. The molecule has 0 amide bonds. The summed E-state index contributed by atoms with van der Waals surface area (Å²) in [5.74, 6) is 1.41. The summed E-state index contributed by atoms with van der Waals surface area (Å²) in [6.07, 6.45) is 2.12. The van der Waals surface area contributed by atoms with Crippen molar-refractivity contribution in [2.45, 2.75) is 40.2 Å². The van der Waals surface area contributed by atoms with Crippen molar-refractivity contribution in [1.29, 1.82) is 0 Å². The van der Waals surface area contributed by atoms with E-state index >= 15 is 0 Å². The summed E-state index contributed by atoms with van der Waals surface area (Å²) in [6, 6.07) is 3.89. The van der Waals surface area contributed by atoms with Crippen molar-refractivity contribution in [3.63, 3.8) is 0 Å². The van der Waals surface area contributed by atoms with Crippen LogP contribution in [0.15, 0.2) is 26.8 Å². The highest BCUT2D eigenvalue weighted by molar-refractivity contribution is 9.10. The van der Waals surface area contributed by atoms with Crippen molar-refractivity contribution in [2.24, 2.45) is 5.92 Å². The van der Waals surface area contributed by atoms with Crippen LogP contribution >= 0.6 is 15.9 Å². The second-order valence-electron chi connectivity index (χ2n) is 5.62. The minimum absolute atomic E-state index is 0.137. The zero-order chi connectivity index (χ0) is 13.1. The normalized spacial score (nSPS) is 13.5. The van der Waals surface area contributed by atoms with Crippen LogP contribution in [0.4, 0.5) is 0 Å². The first-order valence-electron chi connectivity index (χ1n) is 5.99. The monoisotopic (exact) mass is 299 g/mol. The van der Waals surface area contributed by atoms with E-state index in [0.717, 1.165) is 17.0 Å². The third-order valence-electron chi connectivity index (χ3n) is 2.49. The van der Waals surface area contributed by atoms with Gasteiger partial charge in [-0.05, 0) is 60.8 Å². The molecule has 0 aromatic carbocycles. The Labute approximate surface area is 113 Å². The summed E-state index contributed by atoms with van der Waals surface area (Å²) < 4.78 is 6.28. The molecule has 0 spiro atoms. The molecule has 2 nitrogen and oxygen atoms in total. The van der Waals surface area contributed by atoms with E-state index in [0.29, 0.717) is 5.92 Å². The maximum atomic E-state index is 5.51. The standard InChI is InChI=1S/C14H22BrNO/c1-10(2)11(9-16-14(3,4)5)8-12-6-7-13(15)17-12/h6-8,10,16H,9H2,1-5H3. The molecule has 96 valence electrons. The van der Waals surface area contributed by atoms with Gasteiger partial charge in [0.05, 0.1) is 0 Å². The van der Waals surface area contributed by atoms with Crippen LogP contribution in [0.3, 0.4) is 0 Å². The van der Waals surface area contributed by atoms with E-state index in [-0.39, 0.29) is 5.54 Å². The topological polar surface area (TPSA) is 25.2 Å². The van der Waals surface area contributed by atoms with Gasteiger partial charge in [-0.15, -0.1) is 0 Å². The summed E-state index contributed by atoms with van der Waals surface area (Å²) >= 11 is 3.32. The smallest absolute Gasteiger partial charge is 0.169 e. The van der Waals surface area contributed by atoms with Gasteiger partial charge in [-0.25, -0.2) is 0 Å². The van der Waals surface area contributed by atoms with E-state index in [1.807, 2.05) is 12.1 Å². The minimum Gasteiger partial charge on any atom is -0.450 e. The van der Waals surface area contributed by atoms with Gasteiger partial charge in [0, 0.05) is 12.1 Å². The Kier molecular flexibility index (Phi) is 5.02. The maximum Gasteiger partial charge on any atom is 0.169 e. The lowest BCUT2D eigenvalue weighted by molar-refractivity contribution is 0.436. The second-order valence-corrected chi connectivity index (χ2v) is 6.40. The zero-order valence-corrected chi connectivity index (χ0v) is 12.9. The van der Waals surface area contributed by atoms with Crippen LogP contribution in [0.25, 0.3) is 6.08 Å². The Morgan fingerprint density at radius 1 is 1.41 bits per heavy atom. The zero-order valence-electron chi connectivity index (χ0n) is 11.3. The lowest BCUT2D eigenvalue weighted by Gasteiger charge is -2.23. The fourth-order valence-electron chi connectivity index (χ4n) is 1.38. The highest BCUT2D eigenvalue weighted by Gasteiger charge is 2.12. The van der Waals surface area contributed by atoms with Gasteiger partial charge in [0.2, 0.25) is 0 Å². The van der Waals surface area contributed by atoms with Crippen LogP contribution in [0.1, 0.15) is 40.4 Å². The Bertz CT molecular complexity index is 385. The molecule has 1 rings (SSSR count). The molecule has 0 bridgehead atoms. The molecule has 0 saturated carbocycles. The molecule has 0 radical (unpaired) electrons. The van der Waals surface area contributed by atoms with Crippen LogP contribution in [-0.2, 0) is 0 Å². The summed E-state index contributed by atoms with van der Waals surface area (Å²) in [5.41, 5.74) is 1.49. The van der Waals surface area contributed by atoms with Gasteiger partial charge < -0.3 is 9.73 Å². The van der Waals surface area contributed by atoms with Crippen molar-refractivity contribution in [1.82, 2.24) is 5.32 Å². The molecule has 0 unspecified atom stereocenters. The van der Waals surface area contributed by atoms with E-state index in [4.69, 9.17) is 4.42 Å². The summed E-state index contributed by atoms with van der Waals surface area (Å²) in [7, 11) is 0. The largest absolute Gasteiger partial charge is 0.450 e. The lowest BCUT2D eigenvalue weighted by atomic mass is 10.0. The fraction of sp³-hybridized carbons (Fsp3) is 0.571. The Balaban J connectivity index is 2.76. The quantitative estimate of drug-likeness (QED) is 0.887. The van der Waals surface area contributed by atoms with E-state index in [2.05, 4.69) is 61.9 Å². The van der Waals surface area contributed by atoms with Crippen molar-refractivity contribution >= 4 is 22.0 Å². The van der Waals surface area contributed by atoms with Crippen LogP contribution in [0, 0.1) is 5.92 Å². The summed E-state index contributed by atoms with van der Waals surface area (Å²) in [6.45, 7) is 11.8. The highest BCUT2D eigenvalue weighted by atomic mass is 79.9. The lowest BCUT2D eigenvalue weighted by Crippen LogP contribution is -2.37. The van der Waals surface area contributed by atoms with Gasteiger partial charge in [0.25, 0.3) is 0 Å². The van der Waals surface area contributed by atoms with Crippen LogP contribution < -0.4 is 5.32 Å². The van der Waals surface area contributed by atoms with E-state index < -0.39 is 0 Å². The van der Waals surface area contributed by atoms with Crippen LogP contribution in [0.5, 0.6) is 0 Å². The van der Waals surface area contributed by atoms with Crippen molar-refractivity contribution in [3.8, 4) is 0 Å². The van der Waals surface area contributed by atoms with E-state index in [1.165, 1.54) is 5.57 Å². The first kappa shape index (κ1) is 14.5. The molecule has 0 aliphatic carbocycles. The van der Waals surface area contributed by atoms with Crippen LogP contribution in [-0.4, -0.2) is 12.1 Å². The van der Waals surface area contributed by atoms with Gasteiger partial charge >= 0.3 is 0 Å². The Morgan fingerprint density at radius 2 is 2.06 bits per heavy atom. The number of hydrogen-bond donors (Lipinski definition) is 1. The summed E-state index contributed by atoms with van der Waals surface area (Å²) in [4.78, 5) is 0. The molecule has 1 aromatic rings. The average molecular weight is 300 g/mol. The fourth-order valence-corrected chi connectivity index (χ4v) is 1.70. The minimum atomic E-state index is 0.137. The Hall–Kier alpha value is -0.540. The van der Waals surface area contributed by atoms with Crippen molar-refractivity contribution in [2.75, 3.05) is 6.54 Å². The second kappa shape index (κ2) is 5.87. The SMILES string of the molecule is CC(C)C(=Cc1ccc(Br)o1)CNC(C)(C)C. The molecule has 0 atom stereocenters. The van der Waals surface area contributed by atoms with Gasteiger partial charge in [-0.1, -0.05) is 19.4 Å². The number of rotatable bonds is 4. The first-order chi connectivity index (χ1) is 7.78. The average Bonchev–Trinajstić information content (AvgIpc) is 2.56. The maximum absolute atomic E-state index is 5.51. The van der Waals surface area contributed by atoms with Gasteiger partial charge in [0.1, 0.15) is 5.76 Å². The van der Waals surface area contributed by atoms with Gasteiger partial charge in [0.15, 0.2) is 4.67 Å². The molecular weight excluding hydrogens is 278 g/mol. The number of furan rings is 1. The molecule has 1 heterocycles. The van der Waals surface area contributed by atoms with Crippen molar-refractivity contribution in [3.05, 3.63) is 28.1 Å². The highest BCUT2D eigenvalue weighted by Crippen LogP contribution is 2.19. The molecule has 0 fully saturated rings. The first-order valence-corrected chi connectivity index (χ1v) is 6.78. The molecule has 0 saturated heterocycles. The Morgan fingerprint density at radius 3 is 2.47 bits per heavy atom. The molecule has 0 aliphatic heterocycles. The summed E-state index contributed by atoms with van der Waals surface area (Å²) in [5, 5.41) is 3.51. The predicted octanol–water partition coefficient (Wildman–Crippen LogP) is 4.47. The van der Waals surface area contributed by atoms with E-state index in [1.54, 1.807) is 0 Å². The molecule has 0 aliphatic rings. The molecular formula is C14H22BrNO. The van der Waals surface area contributed by atoms with Gasteiger partial charge in [-0.2, -0.15) is 0 Å². The molecule has 3 heteroatoms. The third-order valence-corrected chi connectivity index (χ3v) is 2.91. The predicted molar refractivity (Wildman–Crippen MR) is 77.0 cm³/mol. The number of hydrogen-bond acceptors (Lipinski definition) is 2. The van der Waals surface area contributed by atoms with Crippen LogP contribution in [0.2, 0.25) is 0 Å². The molecule has 1 aromatic heterocycles. The number of nitrogens with one attached hydrogen (secondary N) is 1.